The Morgan fingerprint density at radius 2 is 2.41 bits per heavy atom. The first kappa shape index (κ1) is 13.5. The number of nitrogens with zero attached hydrogens (tertiary/aromatic N) is 1. The topological polar surface area (TPSA) is 88.1 Å². The second-order valence-corrected chi connectivity index (χ2v) is 3.66. The summed E-state index contributed by atoms with van der Waals surface area (Å²) in [7, 11) is 1.39. The lowest BCUT2D eigenvalue weighted by atomic mass is 10.2. The maximum absolute atomic E-state index is 11.7. The summed E-state index contributed by atoms with van der Waals surface area (Å²) in [6, 6.07) is 6.55. The molecular formula is C11H12ClN3O2. The molecule has 90 valence electrons. The van der Waals surface area contributed by atoms with Crippen molar-refractivity contribution in [2.24, 2.45) is 5.73 Å². The minimum atomic E-state index is -0.739. The van der Waals surface area contributed by atoms with Crippen molar-refractivity contribution in [3.05, 3.63) is 28.8 Å². The molecule has 0 aliphatic rings. The number of carbonyl (C=O) groups is 1. The first-order valence-electron chi connectivity index (χ1n) is 4.85. The fraction of sp³-hybridized carbons (Fsp3) is 0.273. The average molecular weight is 254 g/mol. The van der Waals surface area contributed by atoms with Crippen LogP contribution in [0.2, 0.25) is 5.02 Å². The number of nitrogens with one attached hydrogen (secondary N) is 1. The van der Waals surface area contributed by atoms with Crippen molar-refractivity contribution in [1.82, 2.24) is 0 Å². The Balaban J connectivity index is 2.88. The number of hydrogen-bond acceptors (Lipinski definition) is 4. The Hall–Kier alpha value is -1.61. The van der Waals surface area contributed by atoms with Crippen LogP contribution in [0.3, 0.4) is 0 Å². The van der Waals surface area contributed by atoms with Crippen LogP contribution in [0.15, 0.2) is 18.2 Å². The maximum Gasteiger partial charge on any atom is 0.254 e. The third kappa shape index (κ3) is 3.43. The molecule has 0 saturated carbocycles. The van der Waals surface area contributed by atoms with Gasteiger partial charge in [0.05, 0.1) is 22.3 Å². The average Bonchev–Trinajstić information content (AvgIpc) is 2.33. The predicted molar refractivity (Wildman–Crippen MR) is 64.6 cm³/mol. The number of anilines is 1. The molecule has 0 aliphatic carbocycles. The molecule has 5 nitrogen and oxygen atoms in total. The third-order valence-electron chi connectivity index (χ3n) is 2.14. The summed E-state index contributed by atoms with van der Waals surface area (Å²) in [5, 5.41) is 11.6. The van der Waals surface area contributed by atoms with E-state index in [1.807, 2.05) is 6.07 Å². The minimum absolute atomic E-state index is 0.0674. The molecule has 1 unspecified atom stereocenters. The van der Waals surface area contributed by atoms with E-state index in [2.05, 4.69) is 5.32 Å². The van der Waals surface area contributed by atoms with Gasteiger partial charge in [0, 0.05) is 13.7 Å². The van der Waals surface area contributed by atoms with Gasteiger partial charge in [-0.05, 0) is 18.2 Å². The Morgan fingerprint density at radius 3 is 2.94 bits per heavy atom. The van der Waals surface area contributed by atoms with Crippen LogP contribution in [0, 0.1) is 11.3 Å². The van der Waals surface area contributed by atoms with Crippen molar-refractivity contribution in [2.75, 3.05) is 19.0 Å². The van der Waals surface area contributed by atoms with E-state index in [4.69, 9.17) is 27.3 Å². The Bertz CT molecular complexity index is 453. The molecule has 0 aliphatic heterocycles. The molecule has 0 radical (unpaired) electrons. The van der Waals surface area contributed by atoms with E-state index >= 15 is 0 Å². The number of hydrogen-bond donors (Lipinski definition) is 2. The molecule has 3 N–H and O–H groups in total. The number of nitrogens with two attached hydrogens (primary N) is 1. The van der Waals surface area contributed by atoms with Crippen LogP contribution in [0.25, 0.3) is 0 Å². The van der Waals surface area contributed by atoms with Crippen LogP contribution in [0.1, 0.15) is 5.56 Å². The van der Waals surface area contributed by atoms with Gasteiger partial charge in [0.1, 0.15) is 6.10 Å². The van der Waals surface area contributed by atoms with Gasteiger partial charge < -0.3 is 15.8 Å². The molecule has 6 heteroatoms. The number of ether oxygens (including phenoxy) is 1. The van der Waals surface area contributed by atoms with E-state index < -0.39 is 12.0 Å². The van der Waals surface area contributed by atoms with Crippen molar-refractivity contribution in [1.29, 1.82) is 5.26 Å². The van der Waals surface area contributed by atoms with Crippen molar-refractivity contribution >= 4 is 23.2 Å². The van der Waals surface area contributed by atoms with E-state index in [-0.39, 0.29) is 6.54 Å². The predicted octanol–water partition coefficient (Wildman–Crippen LogP) is 1.12. The zero-order chi connectivity index (χ0) is 12.8. The first-order chi connectivity index (χ1) is 8.12. The fourth-order valence-corrected chi connectivity index (χ4v) is 1.38. The standard InChI is InChI=1S/C11H12ClN3O2/c1-17-10(6-14)11(16)15-9-4-7(5-13)2-3-8(9)12/h2-4,10H,6,14H2,1H3,(H,15,16). The highest BCUT2D eigenvalue weighted by Crippen LogP contribution is 2.22. The summed E-state index contributed by atoms with van der Waals surface area (Å²) >= 11 is 5.89. The van der Waals surface area contributed by atoms with Gasteiger partial charge in [-0.3, -0.25) is 4.79 Å². The largest absolute Gasteiger partial charge is 0.370 e. The van der Waals surface area contributed by atoms with E-state index in [9.17, 15) is 4.79 Å². The SMILES string of the molecule is COC(CN)C(=O)Nc1cc(C#N)ccc1Cl. The number of halogens is 1. The molecule has 1 aromatic rings. The van der Waals surface area contributed by atoms with Crippen LogP contribution in [0.5, 0.6) is 0 Å². The van der Waals surface area contributed by atoms with Crippen molar-refractivity contribution < 1.29 is 9.53 Å². The molecule has 0 bridgehead atoms. The monoisotopic (exact) mass is 253 g/mol. The smallest absolute Gasteiger partial charge is 0.254 e. The Morgan fingerprint density at radius 1 is 1.71 bits per heavy atom. The molecule has 0 fully saturated rings. The van der Waals surface area contributed by atoms with Gasteiger partial charge in [0.15, 0.2) is 0 Å². The summed E-state index contributed by atoms with van der Waals surface area (Å²) in [5.74, 6) is -0.396. The quantitative estimate of drug-likeness (QED) is 0.842. The van der Waals surface area contributed by atoms with Crippen LogP contribution in [-0.4, -0.2) is 25.7 Å². The number of methoxy groups -OCH3 is 1. The van der Waals surface area contributed by atoms with E-state index in [1.54, 1.807) is 12.1 Å². The molecule has 0 spiro atoms. The first-order valence-corrected chi connectivity index (χ1v) is 5.23. The maximum atomic E-state index is 11.7. The highest BCUT2D eigenvalue weighted by Gasteiger charge is 2.16. The lowest BCUT2D eigenvalue weighted by Crippen LogP contribution is -2.36. The van der Waals surface area contributed by atoms with Gasteiger partial charge in [-0.2, -0.15) is 5.26 Å². The van der Waals surface area contributed by atoms with Gasteiger partial charge in [-0.25, -0.2) is 0 Å². The molecule has 1 rings (SSSR count). The lowest BCUT2D eigenvalue weighted by Gasteiger charge is -2.13. The fourth-order valence-electron chi connectivity index (χ4n) is 1.21. The number of nitriles is 1. The summed E-state index contributed by atoms with van der Waals surface area (Å²) in [4.78, 5) is 11.7. The van der Waals surface area contributed by atoms with Crippen LogP contribution >= 0.6 is 11.6 Å². The zero-order valence-electron chi connectivity index (χ0n) is 9.24. The van der Waals surface area contributed by atoms with Gasteiger partial charge in [0.2, 0.25) is 0 Å². The summed E-state index contributed by atoms with van der Waals surface area (Å²) in [5.41, 5.74) is 6.14. The highest BCUT2D eigenvalue weighted by atomic mass is 35.5. The molecule has 1 amide bonds. The van der Waals surface area contributed by atoms with Crippen LogP contribution in [0.4, 0.5) is 5.69 Å². The summed E-state index contributed by atoms with van der Waals surface area (Å²) in [6.45, 7) is 0.0674. The van der Waals surface area contributed by atoms with Gasteiger partial charge in [0.25, 0.3) is 5.91 Å². The molecule has 0 aromatic heterocycles. The number of carbonyl (C=O) groups excluding carboxylic acids is 1. The van der Waals surface area contributed by atoms with E-state index in [0.29, 0.717) is 16.3 Å². The Labute approximate surface area is 104 Å². The van der Waals surface area contributed by atoms with E-state index in [1.165, 1.54) is 13.2 Å². The van der Waals surface area contributed by atoms with Gasteiger partial charge in [-0.1, -0.05) is 11.6 Å². The van der Waals surface area contributed by atoms with Crippen LogP contribution in [-0.2, 0) is 9.53 Å². The molecule has 17 heavy (non-hydrogen) atoms. The number of amides is 1. The molecule has 0 heterocycles. The minimum Gasteiger partial charge on any atom is -0.370 e. The number of rotatable bonds is 4. The molecule has 0 saturated heterocycles. The molecular weight excluding hydrogens is 242 g/mol. The van der Waals surface area contributed by atoms with Crippen molar-refractivity contribution in [3.8, 4) is 6.07 Å². The van der Waals surface area contributed by atoms with Crippen molar-refractivity contribution in [3.63, 3.8) is 0 Å². The Kier molecular flexibility index (Phi) is 4.91. The van der Waals surface area contributed by atoms with Crippen molar-refractivity contribution in [2.45, 2.75) is 6.10 Å². The molecule has 1 aromatic carbocycles. The molecule has 1 atom stereocenters. The lowest BCUT2D eigenvalue weighted by molar-refractivity contribution is -0.125. The second kappa shape index (κ2) is 6.21. The second-order valence-electron chi connectivity index (χ2n) is 3.26. The zero-order valence-corrected chi connectivity index (χ0v) is 9.99. The highest BCUT2D eigenvalue weighted by molar-refractivity contribution is 6.33. The van der Waals surface area contributed by atoms with Crippen LogP contribution < -0.4 is 11.1 Å². The normalized spacial score (nSPS) is 11.6. The van der Waals surface area contributed by atoms with Gasteiger partial charge >= 0.3 is 0 Å². The van der Waals surface area contributed by atoms with E-state index in [0.717, 1.165) is 0 Å². The summed E-state index contributed by atoms with van der Waals surface area (Å²) < 4.78 is 4.88. The number of benzene rings is 1. The van der Waals surface area contributed by atoms with Gasteiger partial charge in [-0.15, -0.1) is 0 Å². The third-order valence-corrected chi connectivity index (χ3v) is 2.47. The summed E-state index contributed by atoms with van der Waals surface area (Å²) in [6.07, 6.45) is -0.739.